The van der Waals surface area contributed by atoms with Crippen LogP contribution in [-0.2, 0) is 0 Å². The summed E-state index contributed by atoms with van der Waals surface area (Å²) < 4.78 is 3.80. The minimum absolute atomic E-state index is 1.00. The Morgan fingerprint density at radius 3 is 2.38 bits per heavy atom. The summed E-state index contributed by atoms with van der Waals surface area (Å²) in [7, 11) is 0. The predicted molar refractivity (Wildman–Crippen MR) is 57.8 cm³/mol. The zero-order chi connectivity index (χ0) is 9.26. The molecular formula is C9H5Br2N2. The molecule has 0 atom stereocenters. The van der Waals surface area contributed by atoms with Crippen molar-refractivity contribution in [3.63, 3.8) is 0 Å². The lowest BCUT2D eigenvalue weighted by molar-refractivity contribution is 0.876. The first-order valence-electron chi connectivity index (χ1n) is 3.64. The van der Waals surface area contributed by atoms with Crippen LogP contribution in [-0.4, -0.2) is 9.78 Å². The highest BCUT2D eigenvalue weighted by Crippen LogP contribution is 2.21. The largest absolute Gasteiger partial charge is 0.240 e. The Morgan fingerprint density at radius 1 is 1.15 bits per heavy atom. The Balaban J connectivity index is 2.53. The van der Waals surface area contributed by atoms with Crippen LogP contribution in [0, 0.1) is 6.20 Å². The van der Waals surface area contributed by atoms with Crippen LogP contribution in [0.1, 0.15) is 0 Å². The first-order chi connectivity index (χ1) is 6.25. The summed E-state index contributed by atoms with van der Waals surface area (Å²) in [5.41, 5.74) is 1.00. The lowest BCUT2D eigenvalue weighted by Crippen LogP contribution is -1.93. The van der Waals surface area contributed by atoms with Crippen molar-refractivity contribution in [1.82, 2.24) is 9.78 Å². The van der Waals surface area contributed by atoms with Crippen molar-refractivity contribution in [2.24, 2.45) is 0 Å². The second kappa shape index (κ2) is 3.64. The van der Waals surface area contributed by atoms with E-state index in [1.54, 1.807) is 10.7 Å². The molecule has 1 radical (unpaired) electrons. The second-order valence-electron chi connectivity index (χ2n) is 2.52. The average Bonchev–Trinajstić information content (AvgIpc) is 2.53. The van der Waals surface area contributed by atoms with Gasteiger partial charge in [0.1, 0.15) is 6.20 Å². The van der Waals surface area contributed by atoms with Gasteiger partial charge in [0.25, 0.3) is 0 Å². The van der Waals surface area contributed by atoms with Crippen LogP contribution in [0.25, 0.3) is 5.69 Å². The maximum absolute atomic E-state index is 4.02. The predicted octanol–water partition coefficient (Wildman–Crippen LogP) is 3.20. The van der Waals surface area contributed by atoms with Gasteiger partial charge in [-0.15, -0.1) is 0 Å². The third-order valence-corrected chi connectivity index (χ3v) is 2.48. The van der Waals surface area contributed by atoms with Gasteiger partial charge < -0.3 is 0 Å². The number of hydrogen-bond donors (Lipinski definition) is 0. The van der Waals surface area contributed by atoms with Crippen molar-refractivity contribution in [1.29, 1.82) is 0 Å². The number of rotatable bonds is 1. The van der Waals surface area contributed by atoms with E-state index in [2.05, 4.69) is 43.2 Å². The van der Waals surface area contributed by atoms with Gasteiger partial charge >= 0.3 is 0 Å². The van der Waals surface area contributed by atoms with E-state index < -0.39 is 0 Å². The van der Waals surface area contributed by atoms with E-state index in [1.165, 1.54) is 0 Å². The third-order valence-electron chi connectivity index (χ3n) is 1.57. The van der Waals surface area contributed by atoms with Gasteiger partial charge in [-0.25, -0.2) is 4.68 Å². The highest BCUT2D eigenvalue weighted by atomic mass is 79.9. The van der Waals surface area contributed by atoms with Crippen LogP contribution in [0.2, 0.25) is 0 Å². The Bertz CT molecular complexity index is 389. The van der Waals surface area contributed by atoms with Crippen molar-refractivity contribution in [3.8, 4) is 5.69 Å². The molecule has 0 aliphatic rings. The average molecular weight is 301 g/mol. The fraction of sp³-hybridized carbons (Fsp3) is 0. The second-order valence-corrected chi connectivity index (χ2v) is 4.35. The lowest BCUT2D eigenvalue weighted by atomic mass is 10.3. The van der Waals surface area contributed by atoms with E-state index in [0.717, 1.165) is 14.6 Å². The molecule has 1 heterocycles. The van der Waals surface area contributed by atoms with Crippen molar-refractivity contribution in [2.75, 3.05) is 0 Å². The molecule has 0 saturated carbocycles. The first kappa shape index (κ1) is 8.97. The van der Waals surface area contributed by atoms with E-state index >= 15 is 0 Å². The van der Waals surface area contributed by atoms with Gasteiger partial charge in [-0.1, -0.05) is 31.9 Å². The van der Waals surface area contributed by atoms with Crippen LogP contribution in [0.15, 0.2) is 39.4 Å². The highest BCUT2D eigenvalue weighted by molar-refractivity contribution is 9.11. The molecule has 0 bridgehead atoms. The minimum Gasteiger partial charge on any atom is -0.240 e. The molecule has 0 fully saturated rings. The van der Waals surface area contributed by atoms with Crippen molar-refractivity contribution >= 4 is 31.9 Å². The summed E-state index contributed by atoms with van der Waals surface area (Å²) in [6.45, 7) is 0. The Hall–Kier alpha value is -0.610. The molecular weight excluding hydrogens is 296 g/mol. The molecule has 0 saturated heterocycles. The zero-order valence-corrected chi connectivity index (χ0v) is 9.71. The standard InChI is InChI=1S/C9H5Br2N2/c10-7-4-8(11)6-9(5-7)13-3-1-2-12-13/h1,3-6H. The van der Waals surface area contributed by atoms with Gasteiger partial charge in [0, 0.05) is 15.1 Å². The number of halogens is 2. The molecule has 2 aromatic rings. The van der Waals surface area contributed by atoms with Crippen LogP contribution in [0.3, 0.4) is 0 Å². The van der Waals surface area contributed by atoms with E-state index in [1.807, 2.05) is 24.4 Å². The third kappa shape index (κ3) is 2.00. The first-order valence-corrected chi connectivity index (χ1v) is 5.22. The van der Waals surface area contributed by atoms with Gasteiger partial charge in [-0.2, -0.15) is 5.10 Å². The van der Waals surface area contributed by atoms with Gasteiger partial charge in [-0.3, -0.25) is 0 Å². The van der Waals surface area contributed by atoms with Crippen LogP contribution >= 0.6 is 31.9 Å². The summed E-state index contributed by atoms with van der Waals surface area (Å²) in [6, 6.07) is 7.74. The summed E-state index contributed by atoms with van der Waals surface area (Å²) >= 11 is 6.83. The van der Waals surface area contributed by atoms with Gasteiger partial charge in [-0.05, 0) is 24.3 Å². The van der Waals surface area contributed by atoms with Crippen molar-refractivity contribution < 1.29 is 0 Å². The molecule has 0 N–H and O–H groups in total. The zero-order valence-electron chi connectivity index (χ0n) is 6.54. The number of hydrogen-bond acceptors (Lipinski definition) is 1. The van der Waals surface area contributed by atoms with Crippen molar-refractivity contribution in [2.45, 2.75) is 0 Å². The SMILES string of the molecule is Brc1cc(Br)cc(-n2cc[c]n2)c1. The molecule has 1 aromatic heterocycles. The lowest BCUT2D eigenvalue weighted by Gasteiger charge is -2.02. The molecule has 0 aliphatic carbocycles. The quantitative estimate of drug-likeness (QED) is 0.791. The number of nitrogens with zero attached hydrogens (tertiary/aromatic N) is 2. The van der Waals surface area contributed by atoms with Gasteiger partial charge in [0.15, 0.2) is 0 Å². The molecule has 2 nitrogen and oxygen atoms in total. The normalized spacial score (nSPS) is 10.3. The summed E-state index contributed by atoms with van der Waals surface area (Å²) in [5.74, 6) is 0. The van der Waals surface area contributed by atoms with Crippen LogP contribution in [0.5, 0.6) is 0 Å². The Kier molecular flexibility index (Phi) is 2.51. The number of aromatic nitrogens is 2. The van der Waals surface area contributed by atoms with Crippen LogP contribution in [0.4, 0.5) is 0 Å². The van der Waals surface area contributed by atoms with E-state index in [4.69, 9.17) is 0 Å². The topological polar surface area (TPSA) is 17.8 Å². The maximum atomic E-state index is 4.02. The summed E-state index contributed by atoms with van der Waals surface area (Å²) in [4.78, 5) is 0. The monoisotopic (exact) mass is 299 g/mol. The summed E-state index contributed by atoms with van der Waals surface area (Å²) in [6.07, 6.45) is 4.60. The summed E-state index contributed by atoms with van der Waals surface area (Å²) in [5, 5.41) is 4.02. The number of benzene rings is 1. The van der Waals surface area contributed by atoms with E-state index in [9.17, 15) is 0 Å². The fourth-order valence-electron chi connectivity index (χ4n) is 1.05. The molecule has 0 spiro atoms. The fourth-order valence-corrected chi connectivity index (χ4v) is 2.32. The minimum atomic E-state index is 1.00. The van der Waals surface area contributed by atoms with E-state index in [0.29, 0.717) is 0 Å². The molecule has 65 valence electrons. The molecule has 2 rings (SSSR count). The molecule has 0 unspecified atom stereocenters. The van der Waals surface area contributed by atoms with Gasteiger partial charge in [0.05, 0.1) is 5.69 Å². The Labute approximate surface area is 92.8 Å². The van der Waals surface area contributed by atoms with Crippen molar-refractivity contribution in [3.05, 3.63) is 45.6 Å². The molecule has 1 aromatic carbocycles. The smallest absolute Gasteiger partial charge is 0.113 e. The molecule has 4 heteroatoms. The molecule has 0 amide bonds. The Morgan fingerprint density at radius 2 is 1.85 bits per heavy atom. The molecule has 0 aliphatic heterocycles. The van der Waals surface area contributed by atoms with E-state index in [-0.39, 0.29) is 0 Å². The van der Waals surface area contributed by atoms with Gasteiger partial charge in [0.2, 0.25) is 0 Å². The molecule has 13 heavy (non-hydrogen) atoms. The maximum Gasteiger partial charge on any atom is 0.113 e. The highest BCUT2D eigenvalue weighted by Gasteiger charge is 1.99. The van der Waals surface area contributed by atoms with Crippen LogP contribution < -0.4 is 0 Å².